The van der Waals surface area contributed by atoms with Gasteiger partial charge in [0.05, 0.1) is 29.4 Å². The van der Waals surface area contributed by atoms with Crippen molar-refractivity contribution in [1.29, 1.82) is 0 Å². The molecule has 4 rings (SSSR count). The number of halogens is 2. The maximum absolute atomic E-state index is 14.9. The minimum Gasteiger partial charge on any atom is -0.496 e. The highest BCUT2D eigenvalue weighted by Gasteiger charge is 2.28. The molecule has 0 unspecified atom stereocenters. The van der Waals surface area contributed by atoms with E-state index < -0.39 is 11.7 Å². The molecule has 3 aromatic rings. The number of nitrogens with one attached hydrogen (secondary N) is 1. The summed E-state index contributed by atoms with van der Waals surface area (Å²) < 4.78 is 21.5. The molecule has 0 bridgehead atoms. The van der Waals surface area contributed by atoms with Crippen molar-refractivity contribution in [2.45, 2.75) is 32.4 Å². The van der Waals surface area contributed by atoms with Gasteiger partial charge in [0, 0.05) is 24.0 Å². The van der Waals surface area contributed by atoms with Crippen LogP contribution in [0.2, 0.25) is 5.02 Å². The fourth-order valence-electron chi connectivity index (χ4n) is 3.63. The first kappa shape index (κ1) is 22.4. The highest BCUT2D eigenvalue weighted by atomic mass is 35.5. The molecule has 0 saturated heterocycles. The first-order valence-electron chi connectivity index (χ1n) is 9.83. The van der Waals surface area contributed by atoms with Crippen LogP contribution in [0, 0.1) is 18.7 Å². The molecule has 1 aromatic carbocycles. The van der Waals surface area contributed by atoms with Gasteiger partial charge in [-0.25, -0.2) is 9.07 Å². The Morgan fingerprint density at radius 2 is 2.19 bits per heavy atom. The van der Waals surface area contributed by atoms with Gasteiger partial charge in [0.2, 0.25) is 5.13 Å². The Balaban J connectivity index is 1.65. The number of aryl methyl sites for hydroxylation is 1. The summed E-state index contributed by atoms with van der Waals surface area (Å²) >= 11 is 6.77. The van der Waals surface area contributed by atoms with E-state index in [0.29, 0.717) is 25.1 Å². The van der Waals surface area contributed by atoms with Crippen LogP contribution in [0.15, 0.2) is 29.2 Å². The number of anilines is 1. The minimum absolute atomic E-state index is 0.0397. The number of amides is 1. The second-order valence-electron chi connectivity index (χ2n) is 7.61. The van der Waals surface area contributed by atoms with E-state index in [-0.39, 0.29) is 49.5 Å². The summed E-state index contributed by atoms with van der Waals surface area (Å²) in [6, 6.07) is 4.45. The van der Waals surface area contributed by atoms with Gasteiger partial charge < -0.3 is 9.84 Å². The van der Waals surface area contributed by atoms with Gasteiger partial charge in [0.1, 0.15) is 5.75 Å². The quantitative estimate of drug-likeness (QED) is 0.561. The summed E-state index contributed by atoms with van der Waals surface area (Å²) in [6.07, 6.45) is 2.24. The fourth-order valence-corrected chi connectivity index (χ4v) is 4.46. The van der Waals surface area contributed by atoms with Crippen LogP contribution in [0.4, 0.5) is 9.52 Å². The topological polar surface area (TPSA) is 106 Å². The van der Waals surface area contributed by atoms with Gasteiger partial charge in [-0.2, -0.15) is 0 Å². The van der Waals surface area contributed by atoms with E-state index in [1.54, 1.807) is 13.0 Å². The van der Waals surface area contributed by atoms with Crippen molar-refractivity contribution in [3.8, 4) is 16.9 Å². The Morgan fingerprint density at radius 1 is 1.44 bits per heavy atom. The van der Waals surface area contributed by atoms with E-state index in [1.165, 1.54) is 30.1 Å². The molecule has 2 heterocycles. The molecule has 1 fully saturated rings. The Kier molecular flexibility index (Phi) is 6.27. The molecule has 0 aliphatic heterocycles. The number of benzene rings is 1. The maximum atomic E-state index is 14.9. The van der Waals surface area contributed by atoms with Crippen molar-refractivity contribution in [2.75, 3.05) is 12.4 Å². The second kappa shape index (κ2) is 8.97. The van der Waals surface area contributed by atoms with Gasteiger partial charge in [-0.05, 0) is 55.2 Å². The number of carbonyl (C=O) groups excluding carboxylic acids is 1. The van der Waals surface area contributed by atoms with Crippen molar-refractivity contribution in [3.05, 3.63) is 56.2 Å². The molecule has 0 spiro atoms. The van der Waals surface area contributed by atoms with Crippen molar-refractivity contribution < 1.29 is 19.0 Å². The molecule has 32 heavy (non-hydrogen) atoms. The lowest BCUT2D eigenvalue weighted by Gasteiger charge is -2.30. The summed E-state index contributed by atoms with van der Waals surface area (Å²) in [5.74, 6) is -0.932. The minimum atomic E-state index is -0.720. The van der Waals surface area contributed by atoms with Crippen LogP contribution in [0.5, 0.6) is 5.75 Å². The maximum Gasteiger partial charge on any atom is 0.326 e. The summed E-state index contributed by atoms with van der Waals surface area (Å²) in [6.45, 7) is 2.09. The number of carbonyl (C=O) groups is 1. The number of hydrogen-bond donors (Lipinski definition) is 2. The van der Waals surface area contributed by atoms with Crippen LogP contribution in [0.3, 0.4) is 0 Å². The molecule has 1 amide bonds. The van der Waals surface area contributed by atoms with E-state index in [4.69, 9.17) is 16.3 Å². The van der Waals surface area contributed by atoms with E-state index in [1.807, 2.05) is 0 Å². The third kappa shape index (κ3) is 4.38. The molecule has 1 aliphatic rings. The molecule has 2 N–H and O–H groups in total. The lowest BCUT2D eigenvalue weighted by molar-refractivity contribution is 0.0333. The largest absolute Gasteiger partial charge is 0.496 e. The predicted molar refractivity (Wildman–Crippen MR) is 119 cm³/mol. The van der Waals surface area contributed by atoms with Crippen molar-refractivity contribution in [1.82, 2.24) is 14.8 Å². The number of aromatic nitrogens is 3. The monoisotopic (exact) mass is 478 g/mol. The summed E-state index contributed by atoms with van der Waals surface area (Å²) in [5, 5.41) is 16.2. The van der Waals surface area contributed by atoms with Crippen LogP contribution in [-0.4, -0.2) is 39.0 Å². The zero-order valence-electron chi connectivity index (χ0n) is 17.3. The zero-order valence-corrected chi connectivity index (χ0v) is 18.8. The zero-order chi connectivity index (χ0) is 23.0. The Labute approximate surface area is 191 Å². The molecule has 1 saturated carbocycles. The van der Waals surface area contributed by atoms with Gasteiger partial charge in [-0.1, -0.05) is 11.6 Å². The molecule has 168 valence electrons. The number of aliphatic hydroxyl groups excluding tert-OH is 1. The highest BCUT2D eigenvalue weighted by molar-refractivity contribution is 7.13. The second-order valence-corrected chi connectivity index (χ2v) is 8.96. The van der Waals surface area contributed by atoms with E-state index in [2.05, 4.69) is 15.4 Å². The standard InChI is InChI=1S/C21H20ClFN4O4S/c1-10-5-13(17-16(31-2)4-3-15(22)18(17)23)14(8-24-10)19(29)25-20-26-27(21(30)32-20)9-11-6-12(28)7-11/h3-5,8,11-12,28H,6-7,9H2,1-2H3,(H,25,26,29). The summed E-state index contributed by atoms with van der Waals surface area (Å²) in [7, 11) is 1.39. The van der Waals surface area contributed by atoms with Crippen LogP contribution in [-0.2, 0) is 6.54 Å². The number of hydrogen-bond acceptors (Lipinski definition) is 7. The Hall–Kier alpha value is -2.82. The molecule has 8 nitrogen and oxygen atoms in total. The third-order valence-electron chi connectivity index (χ3n) is 5.30. The van der Waals surface area contributed by atoms with Gasteiger partial charge in [0.25, 0.3) is 5.91 Å². The smallest absolute Gasteiger partial charge is 0.326 e. The van der Waals surface area contributed by atoms with Crippen molar-refractivity contribution in [3.63, 3.8) is 0 Å². The fraction of sp³-hybridized carbons (Fsp3) is 0.333. The number of nitrogens with zero attached hydrogens (tertiary/aromatic N) is 3. The van der Waals surface area contributed by atoms with E-state index >= 15 is 0 Å². The normalized spacial score (nSPS) is 17.7. The van der Waals surface area contributed by atoms with Gasteiger partial charge in [-0.15, -0.1) is 5.10 Å². The summed E-state index contributed by atoms with van der Waals surface area (Å²) in [4.78, 5) is 29.1. The number of aliphatic hydroxyl groups is 1. The lowest BCUT2D eigenvalue weighted by atomic mass is 9.82. The first-order valence-corrected chi connectivity index (χ1v) is 11.0. The number of rotatable bonds is 6. The number of ether oxygens (including phenoxy) is 1. The number of methoxy groups -OCH3 is 1. The highest BCUT2D eigenvalue weighted by Crippen LogP contribution is 2.38. The molecule has 0 atom stereocenters. The van der Waals surface area contributed by atoms with Gasteiger partial charge >= 0.3 is 4.87 Å². The van der Waals surface area contributed by atoms with Crippen LogP contribution >= 0.6 is 22.9 Å². The first-order chi connectivity index (χ1) is 15.3. The third-order valence-corrected chi connectivity index (χ3v) is 6.35. The summed E-state index contributed by atoms with van der Waals surface area (Å²) in [5.41, 5.74) is 0.931. The van der Waals surface area contributed by atoms with Crippen molar-refractivity contribution >= 4 is 34.0 Å². The molecule has 0 radical (unpaired) electrons. The molecule has 11 heteroatoms. The van der Waals surface area contributed by atoms with Gasteiger partial charge in [0.15, 0.2) is 5.82 Å². The average Bonchev–Trinajstić information content (AvgIpc) is 3.07. The number of pyridine rings is 1. The molecule has 1 aliphatic carbocycles. The SMILES string of the molecule is COc1ccc(Cl)c(F)c1-c1cc(C)ncc1C(=O)Nc1nn(CC2CC(O)C2)c(=O)s1. The van der Waals surface area contributed by atoms with Crippen molar-refractivity contribution in [2.24, 2.45) is 5.92 Å². The molecular weight excluding hydrogens is 459 g/mol. The van der Waals surface area contributed by atoms with Crippen LogP contribution < -0.4 is 14.9 Å². The van der Waals surface area contributed by atoms with Crippen LogP contribution in [0.1, 0.15) is 28.9 Å². The van der Waals surface area contributed by atoms with E-state index in [9.17, 15) is 19.1 Å². The average molecular weight is 479 g/mol. The Morgan fingerprint density at radius 3 is 2.88 bits per heavy atom. The van der Waals surface area contributed by atoms with Gasteiger partial charge in [-0.3, -0.25) is 19.9 Å². The Bertz CT molecular complexity index is 1240. The van der Waals surface area contributed by atoms with E-state index in [0.717, 1.165) is 11.3 Å². The predicted octanol–water partition coefficient (Wildman–Crippen LogP) is 3.50. The molecule has 2 aromatic heterocycles. The molecular formula is C21H20ClFN4O4S. The lowest BCUT2D eigenvalue weighted by Crippen LogP contribution is -2.33. The van der Waals surface area contributed by atoms with Crippen LogP contribution in [0.25, 0.3) is 11.1 Å².